The van der Waals surface area contributed by atoms with E-state index in [-0.39, 0.29) is 0 Å². The molecule has 0 aliphatic carbocycles. The number of hydrogen-bond donors (Lipinski definition) is 1. The van der Waals surface area contributed by atoms with Gasteiger partial charge in [0.2, 0.25) is 0 Å². The second-order valence-electron chi connectivity index (χ2n) is 3.88. The number of benzene rings is 1. The van der Waals surface area contributed by atoms with Crippen LogP contribution in [0.3, 0.4) is 0 Å². The molecular weight excluding hydrogens is 344 g/mol. The van der Waals surface area contributed by atoms with Gasteiger partial charge in [0, 0.05) is 16.4 Å². The van der Waals surface area contributed by atoms with Gasteiger partial charge in [-0.2, -0.15) is 0 Å². The van der Waals surface area contributed by atoms with Crippen LogP contribution in [0.4, 0.5) is 11.5 Å². The Hall–Kier alpha value is -0.870. The highest BCUT2D eigenvalue weighted by Crippen LogP contribution is 2.28. The molecule has 0 aliphatic rings. The molecule has 2 rings (SSSR count). The van der Waals surface area contributed by atoms with E-state index in [2.05, 4.69) is 55.2 Å². The van der Waals surface area contributed by atoms with Gasteiger partial charge >= 0.3 is 0 Å². The third-order valence-electron chi connectivity index (χ3n) is 2.50. The number of rotatable bonds is 2. The zero-order valence-electron chi connectivity index (χ0n) is 9.59. The zero-order valence-corrected chi connectivity index (χ0v) is 12.8. The predicted molar refractivity (Wildman–Crippen MR) is 78.8 cm³/mol. The topological polar surface area (TPSA) is 24.9 Å². The standard InChI is InChI=1S/C13H12Br2N2/c1-8-5-6-16-13(12(8)15)17-10-3-4-11(14)9(2)7-10/h3-7H,1-2H3,(H,16,17). The summed E-state index contributed by atoms with van der Waals surface area (Å²) in [5, 5.41) is 3.30. The minimum absolute atomic E-state index is 0.840. The van der Waals surface area contributed by atoms with Gasteiger partial charge in [-0.3, -0.25) is 0 Å². The summed E-state index contributed by atoms with van der Waals surface area (Å²) in [4.78, 5) is 4.32. The van der Waals surface area contributed by atoms with Crippen molar-refractivity contribution < 1.29 is 0 Å². The average Bonchev–Trinajstić information content (AvgIpc) is 2.30. The molecular formula is C13H12Br2N2. The van der Waals surface area contributed by atoms with Crippen LogP contribution >= 0.6 is 31.9 Å². The highest BCUT2D eigenvalue weighted by Gasteiger charge is 2.04. The number of aromatic nitrogens is 1. The maximum Gasteiger partial charge on any atom is 0.144 e. The van der Waals surface area contributed by atoms with Gasteiger partial charge in [0.25, 0.3) is 0 Å². The normalized spacial score (nSPS) is 10.4. The molecule has 1 aromatic carbocycles. The monoisotopic (exact) mass is 354 g/mol. The summed E-state index contributed by atoms with van der Waals surface area (Å²) in [5.74, 6) is 0.840. The molecule has 0 fully saturated rings. The van der Waals surface area contributed by atoms with Gasteiger partial charge in [0.15, 0.2) is 0 Å². The number of anilines is 2. The maximum atomic E-state index is 4.32. The van der Waals surface area contributed by atoms with Crippen LogP contribution in [0.1, 0.15) is 11.1 Å². The summed E-state index contributed by atoms with van der Waals surface area (Å²) >= 11 is 7.02. The van der Waals surface area contributed by atoms with Crippen molar-refractivity contribution in [3.05, 3.63) is 50.5 Å². The molecule has 0 radical (unpaired) electrons. The number of aryl methyl sites for hydroxylation is 2. The summed E-state index contributed by atoms with van der Waals surface area (Å²) in [6, 6.07) is 8.11. The lowest BCUT2D eigenvalue weighted by molar-refractivity contribution is 1.25. The molecule has 88 valence electrons. The molecule has 2 aromatic rings. The van der Waals surface area contributed by atoms with Crippen molar-refractivity contribution in [2.75, 3.05) is 5.32 Å². The lowest BCUT2D eigenvalue weighted by Crippen LogP contribution is -1.96. The van der Waals surface area contributed by atoms with Crippen molar-refractivity contribution in [3.63, 3.8) is 0 Å². The summed E-state index contributed by atoms with van der Waals surface area (Å²) in [7, 11) is 0. The number of nitrogens with zero attached hydrogens (tertiary/aromatic N) is 1. The summed E-state index contributed by atoms with van der Waals surface area (Å²) in [6.07, 6.45) is 1.80. The van der Waals surface area contributed by atoms with Gasteiger partial charge in [0.05, 0.1) is 4.47 Å². The number of halogens is 2. The van der Waals surface area contributed by atoms with Crippen molar-refractivity contribution in [3.8, 4) is 0 Å². The van der Waals surface area contributed by atoms with Crippen molar-refractivity contribution in [2.45, 2.75) is 13.8 Å². The van der Waals surface area contributed by atoms with Crippen LogP contribution in [0.15, 0.2) is 39.4 Å². The molecule has 0 atom stereocenters. The zero-order chi connectivity index (χ0) is 12.4. The van der Waals surface area contributed by atoms with Crippen molar-refractivity contribution in [1.29, 1.82) is 0 Å². The SMILES string of the molecule is Cc1cc(Nc2nccc(C)c2Br)ccc1Br. The smallest absolute Gasteiger partial charge is 0.144 e. The Balaban J connectivity index is 2.31. The van der Waals surface area contributed by atoms with Crippen molar-refractivity contribution in [2.24, 2.45) is 0 Å². The minimum atomic E-state index is 0.840. The highest BCUT2D eigenvalue weighted by molar-refractivity contribution is 9.11. The van der Waals surface area contributed by atoms with Gasteiger partial charge in [-0.15, -0.1) is 0 Å². The van der Waals surface area contributed by atoms with E-state index < -0.39 is 0 Å². The second-order valence-corrected chi connectivity index (χ2v) is 5.53. The molecule has 0 amide bonds. The quantitative estimate of drug-likeness (QED) is 0.822. The maximum absolute atomic E-state index is 4.32. The van der Waals surface area contributed by atoms with E-state index >= 15 is 0 Å². The van der Waals surface area contributed by atoms with E-state index in [1.807, 2.05) is 25.1 Å². The van der Waals surface area contributed by atoms with Gasteiger partial charge in [-0.05, 0) is 65.2 Å². The molecule has 0 saturated heterocycles. The Morgan fingerprint density at radius 3 is 2.53 bits per heavy atom. The van der Waals surface area contributed by atoms with Gasteiger partial charge < -0.3 is 5.32 Å². The van der Waals surface area contributed by atoms with E-state index in [9.17, 15) is 0 Å². The largest absolute Gasteiger partial charge is 0.339 e. The van der Waals surface area contributed by atoms with Crippen LogP contribution in [-0.4, -0.2) is 4.98 Å². The molecule has 4 heteroatoms. The van der Waals surface area contributed by atoms with E-state index in [0.717, 1.165) is 26.0 Å². The van der Waals surface area contributed by atoms with Crippen LogP contribution in [-0.2, 0) is 0 Å². The molecule has 1 N–H and O–H groups in total. The average molecular weight is 356 g/mol. The van der Waals surface area contributed by atoms with Crippen LogP contribution in [0.25, 0.3) is 0 Å². The highest BCUT2D eigenvalue weighted by atomic mass is 79.9. The first-order valence-electron chi connectivity index (χ1n) is 5.22. The first-order chi connectivity index (χ1) is 8.08. The third-order valence-corrected chi connectivity index (χ3v) is 4.39. The molecule has 1 aromatic heterocycles. The summed E-state index contributed by atoms with van der Waals surface area (Å²) in [6.45, 7) is 4.11. The Morgan fingerprint density at radius 1 is 1.06 bits per heavy atom. The number of nitrogens with one attached hydrogen (secondary N) is 1. The molecule has 2 nitrogen and oxygen atoms in total. The third kappa shape index (κ3) is 2.87. The lowest BCUT2D eigenvalue weighted by atomic mass is 10.2. The van der Waals surface area contributed by atoms with Crippen LogP contribution in [0.5, 0.6) is 0 Å². The Kier molecular flexibility index (Phi) is 3.84. The van der Waals surface area contributed by atoms with Crippen LogP contribution in [0, 0.1) is 13.8 Å². The lowest BCUT2D eigenvalue weighted by Gasteiger charge is -2.10. The molecule has 1 heterocycles. The summed E-state index contributed by atoms with van der Waals surface area (Å²) < 4.78 is 2.11. The minimum Gasteiger partial charge on any atom is -0.339 e. The fourth-order valence-electron chi connectivity index (χ4n) is 1.49. The number of hydrogen-bond acceptors (Lipinski definition) is 2. The van der Waals surface area contributed by atoms with E-state index in [1.165, 1.54) is 5.56 Å². The molecule has 0 spiro atoms. The van der Waals surface area contributed by atoms with Crippen LogP contribution < -0.4 is 5.32 Å². The Labute approximate surface area is 118 Å². The Morgan fingerprint density at radius 2 is 1.82 bits per heavy atom. The van der Waals surface area contributed by atoms with Gasteiger partial charge in [0.1, 0.15) is 5.82 Å². The summed E-state index contributed by atoms with van der Waals surface area (Å²) in [5.41, 5.74) is 3.39. The fourth-order valence-corrected chi connectivity index (χ4v) is 2.07. The van der Waals surface area contributed by atoms with Crippen molar-refractivity contribution >= 4 is 43.4 Å². The Bertz CT molecular complexity index is 553. The van der Waals surface area contributed by atoms with Crippen molar-refractivity contribution in [1.82, 2.24) is 4.98 Å². The number of pyridine rings is 1. The first-order valence-corrected chi connectivity index (χ1v) is 6.81. The predicted octanol–water partition coefficient (Wildman–Crippen LogP) is 4.97. The van der Waals surface area contributed by atoms with Crippen LogP contribution in [0.2, 0.25) is 0 Å². The van der Waals surface area contributed by atoms with E-state index in [1.54, 1.807) is 6.20 Å². The molecule has 17 heavy (non-hydrogen) atoms. The molecule has 0 saturated carbocycles. The van der Waals surface area contributed by atoms with E-state index in [0.29, 0.717) is 0 Å². The molecule has 0 bridgehead atoms. The molecule has 0 aliphatic heterocycles. The molecule has 0 unspecified atom stereocenters. The van der Waals surface area contributed by atoms with Gasteiger partial charge in [-0.1, -0.05) is 15.9 Å². The fraction of sp³-hybridized carbons (Fsp3) is 0.154. The second kappa shape index (κ2) is 5.19. The van der Waals surface area contributed by atoms with Gasteiger partial charge in [-0.25, -0.2) is 4.98 Å². The first kappa shape index (κ1) is 12.6. The van der Waals surface area contributed by atoms with E-state index in [4.69, 9.17) is 0 Å².